The minimum Gasteiger partial charge on any atom is -0.481 e. The van der Waals surface area contributed by atoms with Crippen molar-refractivity contribution in [3.05, 3.63) is 23.9 Å². The molecule has 1 rings (SSSR count). The van der Waals surface area contributed by atoms with Gasteiger partial charge < -0.3 is 10.1 Å². The van der Waals surface area contributed by atoms with E-state index in [1.54, 1.807) is 19.2 Å². The Kier molecular flexibility index (Phi) is 4.60. The van der Waals surface area contributed by atoms with Gasteiger partial charge in [0, 0.05) is 18.8 Å². The van der Waals surface area contributed by atoms with Gasteiger partial charge in [0.2, 0.25) is 5.88 Å². The maximum absolute atomic E-state index is 11.5. The van der Waals surface area contributed by atoms with E-state index in [4.69, 9.17) is 4.74 Å². The first-order chi connectivity index (χ1) is 7.27. The Balaban J connectivity index is 2.50. The summed E-state index contributed by atoms with van der Waals surface area (Å²) in [5.74, 6) is 0.429. The normalized spacial score (nSPS) is 9.73. The number of ether oxygens (including phenoxy) is 1. The lowest BCUT2D eigenvalue weighted by Crippen LogP contribution is -2.24. The Morgan fingerprint density at radius 2 is 2.33 bits per heavy atom. The van der Waals surface area contributed by atoms with Crippen molar-refractivity contribution in [1.29, 1.82) is 0 Å². The molecule has 0 saturated carbocycles. The summed E-state index contributed by atoms with van der Waals surface area (Å²) in [7, 11) is 1.54. The number of nitrogens with one attached hydrogen (secondary N) is 1. The summed E-state index contributed by atoms with van der Waals surface area (Å²) < 4.78 is 4.90. The molecule has 0 atom stereocenters. The van der Waals surface area contributed by atoms with Crippen LogP contribution in [0.2, 0.25) is 0 Å². The summed E-state index contributed by atoms with van der Waals surface area (Å²) in [5.41, 5.74) is 0.562. The molecule has 1 N–H and O–H groups in total. The number of carbonyl (C=O) groups excluding carboxylic acids is 1. The van der Waals surface area contributed by atoms with Gasteiger partial charge in [0.15, 0.2) is 0 Å². The lowest BCUT2D eigenvalue weighted by molar-refractivity contribution is 0.0952. The van der Waals surface area contributed by atoms with E-state index in [0.29, 0.717) is 18.0 Å². The summed E-state index contributed by atoms with van der Waals surface area (Å²) >= 11 is 0. The van der Waals surface area contributed by atoms with E-state index in [-0.39, 0.29) is 5.91 Å². The van der Waals surface area contributed by atoms with E-state index in [1.807, 2.05) is 0 Å². The molecule has 0 aliphatic rings. The first-order valence-corrected chi connectivity index (χ1v) is 5.06. The van der Waals surface area contributed by atoms with Crippen LogP contribution in [0.15, 0.2) is 18.3 Å². The van der Waals surface area contributed by atoms with Crippen LogP contribution in [0.5, 0.6) is 5.88 Å². The molecule has 0 aromatic carbocycles. The third-order valence-electron chi connectivity index (χ3n) is 2.02. The van der Waals surface area contributed by atoms with Crippen molar-refractivity contribution in [2.45, 2.75) is 19.8 Å². The second-order valence-electron chi connectivity index (χ2n) is 3.20. The van der Waals surface area contributed by atoms with Crippen LogP contribution in [-0.4, -0.2) is 24.5 Å². The molecule has 0 unspecified atom stereocenters. The predicted octanol–water partition coefficient (Wildman–Crippen LogP) is 1.62. The minimum atomic E-state index is -0.0846. The van der Waals surface area contributed by atoms with E-state index < -0.39 is 0 Å². The second-order valence-corrected chi connectivity index (χ2v) is 3.20. The minimum absolute atomic E-state index is 0.0846. The molecular formula is C11H16N2O2. The van der Waals surface area contributed by atoms with Crippen molar-refractivity contribution in [3.63, 3.8) is 0 Å². The molecule has 0 fully saturated rings. The predicted molar refractivity (Wildman–Crippen MR) is 58.0 cm³/mol. The number of hydrogen-bond acceptors (Lipinski definition) is 3. The van der Waals surface area contributed by atoms with E-state index in [9.17, 15) is 4.79 Å². The average Bonchev–Trinajstić information content (AvgIpc) is 2.29. The number of nitrogens with zero attached hydrogens (tertiary/aromatic N) is 1. The standard InChI is InChI=1S/C11H16N2O2/c1-3-4-7-12-11(14)9-5-6-10(15-2)13-8-9/h5-6,8H,3-4,7H2,1-2H3,(H,12,14). The quantitative estimate of drug-likeness (QED) is 0.748. The highest BCUT2D eigenvalue weighted by molar-refractivity contribution is 5.93. The van der Waals surface area contributed by atoms with Crippen molar-refractivity contribution in [2.75, 3.05) is 13.7 Å². The molecule has 0 saturated heterocycles. The van der Waals surface area contributed by atoms with Gasteiger partial charge in [-0.1, -0.05) is 13.3 Å². The van der Waals surface area contributed by atoms with Crippen LogP contribution < -0.4 is 10.1 Å². The monoisotopic (exact) mass is 208 g/mol. The van der Waals surface area contributed by atoms with E-state index in [2.05, 4.69) is 17.2 Å². The fourth-order valence-corrected chi connectivity index (χ4v) is 1.12. The summed E-state index contributed by atoms with van der Waals surface area (Å²) in [6.07, 6.45) is 3.58. The molecule has 4 nitrogen and oxygen atoms in total. The lowest BCUT2D eigenvalue weighted by Gasteiger charge is -2.04. The molecule has 0 aliphatic heterocycles. The molecule has 0 bridgehead atoms. The summed E-state index contributed by atoms with van der Waals surface area (Å²) in [6, 6.07) is 3.38. The molecule has 1 aromatic heterocycles. The number of aromatic nitrogens is 1. The van der Waals surface area contributed by atoms with Crippen LogP contribution in [0.1, 0.15) is 30.1 Å². The molecular weight excluding hydrogens is 192 g/mol. The lowest BCUT2D eigenvalue weighted by atomic mass is 10.2. The number of pyridine rings is 1. The van der Waals surface area contributed by atoms with Crippen LogP contribution in [0.25, 0.3) is 0 Å². The third kappa shape index (κ3) is 3.58. The first-order valence-electron chi connectivity index (χ1n) is 5.06. The van der Waals surface area contributed by atoms with Crippen LogP contribution >= 0.6 is 0 Å². The first kappa shape index (κ1) is 11.5. The number of unbranched alkanes of at least 4 members (excludes halogenated alkanes) is 1. The summed E-state index contributed by atoms with van der Waals surface area (Å²) in [5, 5.41) is 2.82. The van der Waals surface area contributed by atoms with Gasteiger partial charge in [0.05, 0.1) is 12.7 Å². The number of methoxy groups -OCH3 is 1. The maximum atomic E-state index is 11.5. The van der Waals surface area contributed by atoms with E-state index in [0.717, 1.165) is 12.8 Å². The fourth-order valence-electron chi connectivity index (χ4n) is 1.12. The molecule has 1 amide bonds. The van der Waals surface area contributed by atoms with Crippen molar-refractivity contribution in [3.8, 4) is 5.88 Å². The maximum Gasteiger partial charge on any atom is 0.252 e. The zero-order valence-electron chi connectivity index (χ0n) is 9.12. The van der Waals surface area contributed by atoms with Gasteiger partial charge in [-0.25, -0.2) is 4.98 Å². The summed E-state index contributed by atoms with van der Waals surface area (Å²) in [4.78, 5) is 15.5. The number of hydrogen-bond donors (Lipinski definition) is 1. The van der Waals surface area contributed by atoms with Crippen LogP contribution in [-0.2, 0) is 0 Å². The Morgan fingerprint density at radius 3 is 2.87 bits per heavy atom. The average molecular weight is 208 g/mol. The Bertz CT molecular complexity index is 309. The third-order valence-corrected chi connectivity index (χ3v) is 2.02. The van der Waals surface area contributed by atoms with Gasteiger partial charge in [0.1, 0.15) is 0 Å². The van der Waals surface area contributed by atoms with Crippen LogP contribution in [0.3, 0.4) is 0 Å². The van der Waals surface area contributed by atoms with E-state index in [1.165, 1.54) is 6.20 Å². The SMILES string of the molecule is CCCCNC(=O)c1ccc(OC)nc1. The van der Waals surface area contributed by atoms with Crippen LogP contribution in [0.4, 0.5) is 0 Å². The van der Waals surface area contributed by atoms with Crippen molar-refractivity contribution < 1.29 is 9.53 Å². The topological polar surface area (TPSA) is 51.2 Å². The van der Waals surface area contributed by atoms with Crippen molar-refractivity contribution in [2.24, 2.45) is 0 Å². The molecule has 1 heterocycles. The second kappa shape index (κ2) is 6.01. The molecule has 0 radical (unpaired) electrons. The Labute approximate surface area is 89.7 Å². The molecule has 4 heteroatoms. The van der Waals surface area contributed by atoms with Crippen molar-refractivity contribution in [1.82, 2.24) is 10.3 Å². The zero-order valence-corrected chi connectivity index (χ0v) is 9.12. The molecule has 0 aliphatic carbocycles. The molecule has 82 valence electrons. The van der Waals surface area contributed by atoms with Crippen molar-refractivity contribution >= 4 is 5.91 Å². The number of carbonyl (C=O) groups is 1. The largest absolute Gasteiger partial charge is 0.481 e. The zero-order chi connectivity index (χ0) is 11.1. The molecule has 1 aromatic rings. The molecule has 0 spiro atoms. The highest BCUT2D eigenvalue weighted by Gasteiger charge is 2.04. The van der Waals surface area contributed by atoms with Gasteiger partial charge in [-0.15, -0.1) is 0 Å². The van der Waals surface area contributed by atoms with Gasteiger partial charge in [-0.2, -0.15) is 0 Å². The van der Waals surface area contributed by atoms with Crippen LogP contribution in [0, 0.1) is 0 Å². The van der Waals surface area contributed by atoms with Gasteiger partial charge in [0.25, 0.3) is 5.91 Å². The fraction of sp³-hybridized carbons (Fsp3) is 0.455. The Hall–Kier alpha value is -1.58. The highest BCUT2D eigenvalue weighted by Crippen LogP contribution is 2.06. The van der Waals surface area contributed by atoms with Gasteiger partial charge in [-0.05, 0) is 12.5 Å². The summed E-state index contributed by atoms with van der Waals surface area (Å²) in [6.45, 7) is 2.79. The highest BCUT2D eigenvalue weighted by atomic mass is 16.5. The Morgan fingerprint density at radius 1 is 1.53 bits per heavy atom. The smallest absolute Gasteiger partial charge is 0.252 e. The van der Waals surface area contributed by atoms with Gasteiger partial charge in [-0.3, -0.25) is 4.79 Å². The van der Waals surface area contributed by atoms with Gasteiger partial charge >= 0.3 is 0 Å². The molecule has 15 heavy (non-hydrogen) atoms. The number of amides is 1. The number of rotatable bonds is 5. The van der Waals surface area contributed by atoms with E-state index >= 15 is 0 Å².